The van der Waals surface area contributed by atoms with Gasteiger partial charge in [0, 0.05) is 0 Å². The summed E-state index contributed by atoms with van der Waals surface area (Å²) >= 11 is 0. The average Bonchev–Trinajstić information content (AvgIpc) is 2.28. The van der Waals surface area contributed by atoms with Gasteiger partial charge in [-0.2, -0.15) is 0 Å². The first kappa shape index (κ1) is 7.85. The Bertz CT molecular complexity index is 210. The Balaban J connectivity index is 2.53. The summed E-state index contributed by atoms with van der Waals surface area (Å²) in [6.45, 7) is 3.80. The lowest BCUT2D eigenvalue weighted by Crippen LogP contribution is -2.10. The first-order valence-corrected chi connectivity index (χ1v) is 3.52. The molecule has 0 aliphatic carbocycles. The van der Waals surface area contributed by atoms with E-state index < -0.39 is 0 Å². The fourth-order valence-electron chi connectivity index (χ4n) is 0.804. The molecule has 1 heterocycles. The summed E-state index contributed by atoms with van der Waals surface area (Å²) in [6.07, 6.45) is 5.09. The second kappa shape index (κ2) is 3.23. The third-order valence-electron chi connectivity index (χ3n) is 1.42. The molecule has 0 fully saturated rings. The highest BCUT2D eigenvalue weighted by atomic mass is 16.5. The van der Waals surface area contributed by atoms with Gasteiger partial charge in [0.2, 0.25) is 6.23 Å². The molecule has 3 heteroatoms. The van der Waals surface area contributed by atoms with E-state index in [9.17, 15) is 0 Å². The van der Waals surface area contributed by atoms with Crippen LogP contribution >= 0.6 is 0 Å². The Morgan fingerprint density at radius 2 is 2.45 bits per heavy atom. The lowest BCUT2D eigenvalue weighted by atomic mass is 10.3. The molecular weight excluding hydrogens is 140 g/mol. The number of nitrogens with two attached hydrogens (primary N) is 1. The zero-order valence-electron chi connectivity index (χ0n) is 6.74. The molecule has 0 saturated carbocycles. The van der Waals surface area contributed by atoms with Gasteiger partial charge in [-0.3, -0.25) is 0 Å². The Hall–Kier alpha value is -1.25. The molecule has 1 aliphatic heterocycles. The standard InChI is InChI=1S/C8H12N2O/c1-3-4-11-7-5-6(2)8(9)10-7/h3-5,7H,1-2H3,(H2,9,10). The third-order valence-corrected chi connectivity index (χ3v) is 1.42. The van der Waals surface area contributed by atoms with Crippen molar-refractivity contribution in [2.75, 3.05) is 0 Å². The summed E-state index contributed by atoms with van der Waals surface area (Å²) in [5.74, 6) is 0.569. The van der Waals surface area contributed by atoms with Crippen LogP contribution in [0.25, 0.3) is 0 Å². The molecule has 2 N–H and O–H groups in total. The van der Waals surface area contributed by atoms with E-state index in [1.165, 1.54) is 0 Å². The lowest BCUT2D eigenvalue weighted by Gasteiger charge is -2.01. The van der Waals surface area contributed by atoms with E-state index >= 15 is 0 Å². The summed E-state index contributed by atoms with van der Waals surface area (Å²) in [5, 5.41) is 0. The highest BCUT2D eigenvalue weighted by molar-refractivity contribution is 5.98. The van der Waals surface area contributed by atoms with Crippen molar-refractivity contribution in [1.82, 2.24) is 0 Å². The van der Waals surface area contributed by atoms with Crippen molar-refractivity contribution in [1.29, 1.82) is 0 Å². The van der Waals surface area contributed by atoms with Crippen LogP contribution in [0, 0.1) is 0 Å². The zero-order chi connectivity index (χ0) is 8.27. The van der Waals surface area contributed by atoms with Crippen molar-refractivity contribution < 1.29 is 4.74 Å². The highest BCUT2D eigenvalue weighted by Gasteiger charge is 2.12. The number of rotatable bonds is 2. The number of nitrogens with zero attached hydrogens (tertiary/aromatic N) is 1. The molecule has 0 radical (unpaired) electrons. The largest absolute Gasteiger partial charge is 0.473 e. The predicted molar refractivity (Wildman–Crippen MR) is 45.1 cm³/mol. The summed E-state index contributed by atoms with van der Waals surface area (Å²) in [5.41, 5.74) is 6.50. The number of amidine groups is 1. The molecule has 1 unspecified atom stereocenters. The van der Waals surface area contributed by atoms with E-state index in [0.29, 0.717) is 5.84 Å². The monoisotopic (exact) mass is 152 g/mol. The molecule has 1 rings (SSSR count). The van der Waals surface area contributed by atoms with Crippen molar-refractivity contribution in [3.63, 3.8) is 0 Å². The molecular formula is C8H12N2O. The molecule has 0 bridgehead atoms. The van der Waals surface area contributed by atoms with E-state index in [2.05, 4.69) is 4.99 Å². The van der Waals surface area contributed by atoms with Gasteiger partial charge in [0.15, 0.2) is 0 Å². The molecule has 0 aromatic carbocycles. The second-order valence-corrected chi connectivity index (χ2v) is 2.36. The summed E-state index contributed by atoms with van der Waals surface area (Å²) in [4.78, 5) is 4.04. The topological polar surface area (TPSA) is 47.6 Å². The Labute approximate surface area is 66.3 Å². The molecule has 11 heavy (non-hydrogen) atoms. The summed E-state index contributed by atoms with van der Waals surface area (Å²) < 4.78 is 5.17. The van der Waals surface area contributed by atoms with Crippen LogP contribution in [0.5, 0.6) is 0 Å². The van der Waals surface area contributed by atoms with Gasteiger partial charge >= 0.3 is 0 Å². The quantitative estimate of drug-likeness (QED) is 0.604. The van der Waals surface area contributed by atoms with Gasteiger partial charge in [0.25, 0.3) is 0 Å². The Morgan fingerprint density at radius 3 is 2.91 bits per heavy atom. The average molecular weight is 152 g/mol. The first-order valence-electron chi connectivity index (χ1n) is 3.52. The van der Waals surface area contributed by atoms with Crippen LogP contribution in [0.1, 0.15) is 13.8 Å². The number of aliphatic imine (C=N–C) groups is 1. The molecule has 0 saturated heterocycles. The maximum atomic E-state index is 5.52. The SMILES string of the molecule is CC=COC1C=C(C)C(N)=N1. The minimum Gasteiger partial charge on any atom is -0.473 e. The molecule has 0 amide bonds. The normalized spacial score (nSPS) is 23.6. The van der Waals surface area contributed by atoms with Crippen LogP contribution < -0.4 is 5.73 Å². The van der Waals surface area contributed by atoms with Crippen LogP contribution in [0.4, 0.5) is 0 Å². The van der Waals surface area contributed by atoms with Gasteiger partial charge < -0.3 is 10.5 Å². The van der Waals surface area contributed by atoms with Gasteiger partial charge in [0.1, 0.15) is 5.84 Å². The maximum Gasteiger partial charge on any atom is 0.210 e. The first-order chi connectivity index (χ1) is 5.24. The Morgan fingerprint density at radius 1 is 1.73 bits per heavy atom. The molecule has 1 atom stereocenters. The third kappa shape index (κ3) is 1.83. The summed E-state index contributed by atoms with van der Waals surface area (Å²) in [6, 6.07) is 0. The van der Waals surface area contributed by atoms with Crippen molar-refractivity contribution in [3.8, 4) is 0 Å². The van der Waals surface area contributed by atoms with Gasteiger partial charge in [-0.15, -0.1) is 0 Å². The Kier molecular flexibility index (Phi) is 2.31. The van der Waals surface area contributed by atoms with Crippen LogP contribution in [0.15, 0.2) is 29.0 Å². The van der Waals surface area contributed by atoms with Crippen molar-refractivity contribution in [3.05, 3.63) is 24.0 Å². The van der Waals surface area contributed by atoms with Gasteiger partial charge in [-0.05, 0) is 25.5 Å². The van der Waals surface area contributed by atoms with E-state index in [-0.39, 0.29) is 6.23 Å². The molecule has 60 valence electrons. The van der Waals surface area contributed by atoms with Crippen LogP contribution in [-0.2, 0) is 4.74 Å². The summed E-state index contributed by atoms with van der Waals surface area (Å²) in [7, 11) is 0. The van der Waals surface area contributed by atoms with Crippen molar-refractivity contribution >= 4 is 5.84 Å². The van der Waals surface area contributed by atoms with Crippen LogP contribution in [0.2, 0.25) is 0 Å². The second-order valence-electron chi connectivity index (χ2n) is 2.36. The number of allylic oxidation sites excluding steroid dienone is 1. The molecule has 1 aliphatic rings. The van der Waals surface area contributed by atoms with Gasteiger partial charge in [-0.25, -0.2) is 4.99 Å². The zero-order valence-corrected chi connectivity index (χ0v) is 6.74. The minimum absolute atomic E-state index is 0.216. The van der Waals surface area contributed by atoms with Gasteiger partial charge in [0.05, 0.1) is 6.26 Å². The van der Waals surface area contributed by atoms with Crippen molar-refractivity contribution in [2.45, 2.75) is 20.1 Å². The predicted octanol–water partition coefficient (Wildman–Crippen LogP) is 1.18. The van der Waals surface area contributed by atoms with Crippen LogP contribution in [0.3, 0.4) is 0 Å². The van der Waals surface area contributed by atoms with E-state index in [0.717, 1.165) is 5.57 Å². The number of hydrogen-bond donors (Lipinski definition) is 1. The van der Waals surface area contributed by atoms with Crippen molar-refractivity contribution in [2.24, 2.45) is 10.7 Å². The molecule has 0 aromatic rings. The van der Waals surface area contributed by atoms with Crippen LogP contribution in [-0.4, -0.2) is 12.1 Å². The van der Waals surface area contributed by atoms with E-state index in [1.54, 1.807) is 6.26 Å². The fraction of sp³-hybridized carbons (Fsp3) is 0.375. The minimum atomic E-state index is -0.216. The van der Waals surface area contributed by atoms with E-state index in [1.807, 2.05) is 26.0 Å². The smallest absolute Gasteiger partial charge is 0.210 e. The number of hydrogen-bond acceptors (Lipinski definition) is 3. The maximum absolute atomic E-state index is 5.52. The molecule has 3 nitrogen and oxygen atoms in total. The fourth-order valence-corrected chi connectivity index (χ4v) is 0.804. The van der Waals surface area contributed by atoms with Gasteiger partial charge in [-0.1, -0.05) is 6.08 Å². The molecule has 0 spiro atoms. The number of ether oxygens (including phenoxy) is 1. The molecule has 0 aromatic heterocycles. The lowest BCUT2D eigenvalue weighted by molar-refractivity contribution is 0.197. The van der Waals surface area contributed by atoms with E-state index in [4.69, 9.17) is 10.5 Å². The highest BCUT2D eigenvalue weighted by Crippen LogP contribution is 2.10.